The van der Waals surface area contributed by atoms with Crippen molar-refractivity contribution in [2.45, 2.75) is 13.2 Å². The molecule has 1 atom stereocenters. The molecule has 1 unspecified atom stereocenters. The van der Waals surface area contributed by atoms with Gasteiger partial charge in [-0.25, -0.2) is 0 Å². The molecule has 10 heavy (non-hydrogen) atoms. The highest BCUT2D eigenvalue weighted by molar-refractivity contribution is 4.99. The molecular weight excluding hydrogens is 130 g/mol. The zero-order chi connectivity index (χ0) is 7.19. The van der Waals surface area contributed by atoms with E-state index in [1.165, 1.54) is 0 Å². The number of ether oxygens (including phenoxy) is 1. The van der Waals surface area contributed by atoms with Crippen molar-refractivity contribution in [1.82, 2.24) is 4.90 Å². The maximum absolute atomic E-state index is 9.11. The van der Waals surface area contributed by atoms with Crippen molar-refractivity contribution in [3.63, 3.8) is 0 Å². The normalized spacial score (nSPS) is 33.0. The number of aliphatic hydroxyl groups is 1. The summed E-state index contributed by atoms with van der Waals surface area (Å²) in [6.45, 7) is 5.65. The largest absolute Gasteiger partial charge is 0.380 e. The van der Waals surface area contributed by atoms with Gasteiger partial charge in [0.25, 0.3) is 0 Å². The van der Waals surface area contributed by atoms with Crippen LogP contribution >= 0.6 is 0 Å². The van der Waals surface area contributed by atoms with Crippen LogP contribution in [0.4, 0.5) is 0 Å². The van der Waals surface area contributed by atoms with E-state index in [-0.39, 0.29) is 6.23 Å². The van der Waals surface area contributed by atoms with E-state index in [9.17, 15) is 0 Å². The van der Waals surface area contributed by atoms with Gasteiger partial charge in [0, 0.05) is 18.5 Å². The first kappa shape index (κ1) is 6.58. The minimum absolute atomic E-state index is 0.272. The Morgan fingerprint density at radius 3 is 2.40 bits per heavy atom. The molecular formula is C7H13NO2. The summed E-state index contributed by atoms with van der Waals surface area (Å²) in [5.74, 6) is 0. The zero-order valence-corrected chi connectivity index (χ0v) is 6.21. The Kier molecular flexibility index (Phi) is 1.27. The maximum Gasteiger partial charge on any atom is 0.104 e. The monoisotopic (exact) mass is 143 g/mol. The lowest BCUT2D eigenvalue weighted by atomic mass is 9.78. The Morgan fingerprint density at radius 2 is 2.10 bits per heavy atom. The van der Waals surface area contributed by atoms with Crippen LogP contribution in [-0.2, 0) is 4.74 Å². The Bertz CT molecular complexity index is 135. The van der Waals surface area contributed by atoms with E-state index in [1.54, 1.807) is 0 Å². The second-order valence-electron chi connectivity index (χ2n) is 3.53. The molecule has 2 aliphatic heterocycles. The van der Waals surface area contributed by atoms with Gasteiger partial charge in [0.1, 0.15) is 6.23 Å². The summed E-state index contributed by atoms with van der Waals surface area (Å²) >= 11 is 0. The second kappa shape index (κ2) is 1.94. The van der Waals surface area contributed by atoms with Crippen LogP contribution in [0.25, 0.3) is 0 Å². The molecule has 1 spiro atoms. The average molecular weight is 143 g/mol. The van der Waals surface area contributed by atoms with E-state index in [0.29, 0.717) is 5.41 Å². The molecule has 0 bridgehead atoms. The van der Waals surface area contributed by atoms with Gasteiger partial charge in [0.2, 0.25) is 0 Å². The summed E-state index contributed by atoms with van der Waals surface area (Å²) in [6, 6.07) is 0. The van der Waals surface area contributed by atoms with Gasteiger partial charge < -0.3 is 9.84 Å². The van der Waals surface area contributed by atoms with Crippen molar-refractivity contribution in [2.75, 3.05) is 26.3 Å². The second-order valence-corrected chi connectivity index (χ2v) is 3.53. The van der Waals surface area contributed by atoms with Crippen molar-refractivity contribution in [1.29, 1.82) is 0 Å². The number of rotatable bonds is 1. The first-order valence-electron chi connectivity index (χ1n) is 3.72. The molecule has 0 aromatic carbocycles. The Morgan fingerprint density at radius 1 is 1.50 bits per heavy atom. The van der Waals surface area contributed by atoms with E-state index in [0.717, 1.165) is 26.3 Å². The third-order valence-corrected chi connectivity index (χ3v) is 2.42. The molecule has 0 saturated carbocycles. The Hall–Kier alpha value is -0.120. The fourth-order valence-corrected chi connectivity index (χ4v) is 1.65. The molecule has 1 N–H and O–H groups in total. The van der Waals surface area contributed by atoms with Crippen LogP contribution in [-0.4, -0.2) is 42.5 Å². The SMILES string of the molecule is CC(O)N1CC2(COC2)C1. The van der Waals surface area contributed by atoms with Gasteiger partial charge in [-0.05, 0) is 6.92 Å². The summed E-state index contributed by atoms with van der Waals surface area (Å²) in [5.41, 5.74) is 0.441. The first-order valence-corrected chi connectivity index (χ1v) is 3.72. The van der Waals surface area contributed by atoms with E-state index < -0.39 is 0 Å². The molecule has 3 heteroatoms. The summed E-state index contributed by atoms with van der Waals surface area (Å²) in [5, 5.41) is 9.11. The summed E-state index contributed by atoms with van der Waals surface area (Å²) < 4.78 is 5.10. The molecule has 2 fully saturated rings. The van der Waals surface area contributed by atoms with Crippen molar-refractivity contribution in [2.24, 2.45) is 5.41 Å². The molecule has 2 aliphatic rings. The molecule has 2 saturated heterocycles. The molecule has 0 aromatic heterocycles. The highest BCUT2D eigenvalue weighted by Gasteiger charge is 2.49. The van der Waals surface area contributed by atoms with Gasteiger partial charge in [-0.15, -0.1) is 0 Å². The fourth-order valence-electron chi connectivity index (χ4n) is 1.65. The van der Waals surface area contributed by atoms with Crippen molar-refractivity contribution in [3.05, 3.63) is 0 Å². The van der Waals surface area contributed by atoms with E-state index >= 15 is 0 Å². The van der Waals surface area contributed by atoms with Gasteiger partial charge in [-0.1, -0.05) is 0 Å². The average Bonchev–Trinajstić information content (AvgIpc) is 1.54. The van der Waals surface area contributed by atoms with Crippen LogP contribution in [0.1, 0.15) is 6.92 Å². The lowest BCUT2D eigenvalue weighted by Crippen LogP contribution is -2.67. The smallest absolute Gasteiger partial charge is 0.104 e. The Balaban J connectivity index is 1.82. The summed E-state index contributed by atoms with van der Waals surface area (Å²) in [6.07, 6.45) is -0.272. The molecule has 0 aromatic rings. The minimum Gasteiger partial charge on any atom is -0.380 e. The lowest BCUT2D eigenvalue weighted by molar-refractivity contribution is -0.218. The molecule has 0 radical (unpaired) electrons. The molecule has 3 nitrogen and oxygen atoms in total. The van der Waals surface area contributed by atoms with Gasteiger partial charge in [-0.2, -0.15) is 0 Å². The third-order valence-electron chi connectivity index (χ3n) is 2.42. The van der Waals surface area contributed by atoms with Gasteiger partial charge >= 0.3 is 0 Å². The maximum atomic E-state index is 9.11. The van der Waals surface area contributed by atoms with Crippen LogP contribution in [0.5, 0.6) is 0 Å². The number of hydrogen-bond donors (Lipinski definition) is 1. The van der Waals surface area contributed by atoms with Crippen molar-refractivity contribution < 1.29 is 9.84 Å². The predicted octanol–water partition coefficient (Wildman–Crippen LogP) is -0.343. The van der Waals surface area contributed by atoms with Gasteiger partial charge in [0.05, 0.1) is 13.2 Å². The topological polar surface area (TPSA) is 32.7 Å². The number of aliphatic hydroxyl groups excluding tert-OH is 1. The number of likely N-dealkylation sites (tertiary alicyclic amines) is 1. The highest BCUT2D eigenvalue weighted by Crippen LogP contribution is 2.37. The van der Waals surface area contributed by atoms with Crippen LogP contribution in [0.15, 0.2) is 0 Å². The van der Waals surface area contributed by atoms with Crippen LogP contribution in [0.3, 0.4) is 0 Å². The van der Waals surface area contributed by atoms with E-state index in [1.807, 2.05) is 6.92 Å². The summed E-state index contributed by atoms with van der Waals surface area (Å²) in [7, 11) is 0. The highest BCUT2D eigenvalue weighted by atomic mass is 16.5. The standard InChI is InChI=1S/C7H13NO2/c1-6(9)8-2-7(3-8)4-10-5-7/h6,9H,2-5H2,1H3. The van der Waals surface area contributed by atoms with E-state index in [4.69, 9.17) is 9.84 Å². The number of hydrogen-bond acceptors (Lipinski definition) is 3. The molecule has 0 aliphatic carbocycles. The van der Waals surface area contributed by atoms with Crippen LogP contribution in [0, 0.1) is 5.41 Å². The van der Waals surface area contributed by atoms with Gasteiger partial charge in [-0.3, -0.25) is 4.90 Å². The van der Waals surface area contributed by atoms with Crippen LogP contribution in [0.2, 0.25) is 0 Å². The predicted molar refractivity (Wildman–Crippen MR) is 36.5 cm³/mol. The van der Waals surface area contributed by atoms with Crippen molar-refractivity contribution in [3.8, 4) is 0 Å². The molecule has 2 heterocycles. The third kappa shape index (κ3) is 0.779. The zero-order valence-electron chi connectivity index (χ0n) is 6.21. The quantitative estimate of drug-likeness (QED) is 0.545. The lowest BCUT2D eigenvalue weighted by Gasteiger charge is -2.55. The fraction of sp³-hybridized carbons (Fsp3) is 1.00. The molecule has 0 amide bonds. The van der Waals surface area contributed by atoms with Crippen molar-refractivity contribution >= 4 is 0 Å². The Labute approximate surface area is 60.6 Å². The van der Waals surface area contributed by atoms with E-state index in [2.05, 4.69) is 4.90 Å². The first-order chi connectivity index (χ1) is 4.72. The summed E-state index contributed by atoms with van der Waals surface area (Å²) in [4.78, 5) is 2.06. The minimum atomic E-state index is -0.272. The van der Waals surface area contributed by atoms with Gasteiger partial charge in [0.15, 0.2) is 0 Å². The molecule has 58 valence electrons. The van der Waals surface area contributed by atoms with Crippen LogP contribution < -0.4 is 0 Å². The number of nitrogens with zero attached hydrogens (tertiary/aromatic N) is 1. The molecule has 2 rings (SSSR count).